The Morgan fingerprint density at radius 1 is 1.03 bits per heavy atom. The van der Waals surface area contributed by atoms with Crippen molar-refractivity contribution >= 4 is 5.71 Å². The molecule has 2 heterocycles. The van der Waals surface area contributed by atoms with Crippen LogP contribution in [0.2, 0.25) is 0 Å². The average Bonchev–Trinajstić information content (AvgIpc) is 3.20. The van der Waals surface area contributed by atoms with Crippen LogP contribution in [0.4, 0.5) is 8.78 Å². The van der Waals surface area contributed by atoms with Crippen molar-refractivity contribution < 1.29 is 18.3 Å². The van der Waals surface area contributed by atoms with E-state index in [0.29, 0.717) is 30.1 Å². The van der Waals surface area contributed by atoms with E-state index in [2.05, 4.69) is 0 Å². The van der Waals surface area contributed by atoms with E-state index < -0.39 is 6.23 Å². The summed E-state index contributed by atoms with van der Waals surface area (Å²) in [4.78, 5) is 0. The Balaban J connectivity index is 1.61. The van der Waals surface area contributed by atoms with E-state index in [1.165, 1.54) is 24.3 Å². The van der Waals surface area contributed by atoms with Gasteiger partial charge in [0.05, 0.1) is 18.4 Å². The van der Waals surface area contributed by atoms with Gasteiger partial charge < -0.3 is 9.47 Å². The highest BCUT2D eigenvalue weighted by Gasteiger charge is 2.42. The molecule has 4 nitrogen and oxygen atoms in total. The summed E-state index contributed by atoms with van der Waals surface area (Å²) in [6, 6.07) is 18.4. The van der Waals surface area contributed by atoms with Gasteiger partial charge in [-0.25, -0.2) is 13.8 Å². The number of halogens is 2. The van der Waals surface area contributed by atoms with Gasteiger partial charge in [0.1, 0.15) is 11.6 Å². The SMILES string of the molecule is CCOc1cccc2c1O[C@@H](c1cccc(F)c1)N1N=C(c3ccc(F)cc3)C[C@H]21. The van der Waals surface area contributed by atoms with Crippen LogP contribution < -0.4 is 9.47 Å². The zero-order chi connectivity index (χ0) is 20.7. The summed E-state index contributed by atoms with van der Waals surface area (Å²) in [5.74, 6) is 0.693. The van der Waals surface area contributed by atoms with Gasteiger partial charge >= 0.3 is 0 Å². The molecule has 0 amide bonds. The van der Waals surface area contributed by atoms with Crippen LogP contribution in [0.1, 0.15) is 42.3 Å². The molecule has 3 aromatic rings. The van der Waals surface area contributed by atoms with E-state index in [4.69, 9.17) is 14.6 Å². The van der Waals surface area contributed by atoms with Crippen molar-refractivity contribution in [3.63, 3.8) is 0 Å². The molecule has 0 unspecified atom stereocenters. The normalized spacial score (nSPS) is 19.6. The number of para-hydroxylation sites is 1. The van der Waals surface area contributed by atoms with Crippen LogP contribution in [-0.2, 0) is 0 Å². The van der Waals surface area contributed by atoms with E-state index in [9.17, 15) is 8.78 Å². The molecule has 0 aromatic heterocycles. The standard InChI is InChI=1S/C24H20F2N2O2/c1-2-29-22-8-4-7-19-21-14-20(15-9-11-17(25)12-10-15)27-28(21)24(30-23(19)22)16-5-3-6-18(26)13-16/h3-13,21,24H,2,14H2,1H3/t21-,24+/m1/s1. The van der Waals surface area contributed by atoms with Gasteiger partial charge in [-0.1, -0.05) is 36.4 Å². The summed E-state index contributed by atoms with van der Waals surface area (Å²) in [6.45, 7) is 2.43. The van der Waals surface area contributed by atoms with Gasteiger partial charge in [-0.15, -0.1) is 0 Å². The fourth-order valence-electron chi connectivity index (χ4n) is 4.05. The predicted octanol–water partition coefficient (Wildman–Crippen LogP) is 5.61. The van der Waals surface area contributed by atoms with Gasteiger partial charge in [-0.2, -0.15) is 5.10 Å². The van der Waals surface area contributed by atoms with Crippen molar-refractivity contribution in [1.29, 1.82) is 0 Å². The number of ether oxygens (including phenoxy) is 2. The van der Waals surface area contributed by atoms with Crippen molar-refractivity contribution in [2.75, 3.05) is 6.61 Å². The summed E-state index contributed by atoms with van der Waals surface area (Å²) in [6.07, 6.45) is 0.0291. The molecular formula is C24H20F2N2O2. The maximum absolute atomic E-state index is 14.0. The molecule has 2 aliphatic rings. The molecule has 5 rings (SSSR count). The van der Waals surface area contributed by atoms with Gasteiger partial charge in [-0.05, 0) is 42.8 Å². The molecule has 0 saturated heterocycles. The zero-order valence-corrected chi connectivity index (χ0v) is 16.4. The average molecular weight is 406 g/mol. The van der Waals surface area contributed by atoms with Gasteiger partial charge in [-0.3, -0.25) is 0 Å². The van der Waals surface area contributed by atoms with Crippen molar-refractivity contribution in [2.24, 2.45) is 5.10 Å². The van der Waals surface area contributed by atoms with Gasteiger partial charge in [0, 0.05) is 17.5 Å². The number of benzene rings is 3. The lowest BCUT2D eigenvalue weighted by Crippen LogP contribution is -2.34. The molecule has 0 aliphatic carbocycles. The summed E-state index contributed by atoms with van der Waals surface area (Å²) in [5.41, 5.74) is 3.32. The largest absolute Gasteiger partial charge is 0.490 e. The fourth-order valence-corrected chi connectivity index (χ4v) is 4.05. The van der Waals surface area contributed by atoms with Crippen LogP contribution in [-0.4, -0.2) is 17.3 Å². The first-order chi connectivity index (χ1) is 14.6. The Morgan fingerprint density at radius 2 is 1.83 bits per heavy atom. The first-order valence-electron chi connectivity index (χ1n) is 9.93. The second-order valence-electron chi connectivity index (χ2n) is 7.29. The molecule has 0 saturated carbocycles. The number of hydrazone groups is 1. The molecule has 0 bridgehead atoms. The van der Waals surface area contributed by atoms with Crippen LogP contribution in [0.3, 0.4) is 0 Å². The lowest BCUT2D eigenvalue weighted by molar-refractivity contribution is -0.0214. The van der Waals surface area contributed by atoms with Crippen LogP contribution in [0.15, 0.2) is 71.8 Å². The molecule has 30 heavy (non-hydrogen) atoms. The van der Waals surface area contributed by atoms with Gasteiger partial charge in [0.2, 0.25) is 6.23 Å². The number of hydrogen-bond donors (Lipinski definition) is 0. The Labute approximate surface area is 173 Å². The second-order valence-corrected chi connectivity index (χ2v) is 7.29. The first-order valence-corrected chi connectivity index (χ1v) is 9.93. The first kappa shape index (κ1) is 18.6. The van der Waals surface area contributed by atoms with Crippen LogP contribution in [0.5, 0.6) is 11.5 Å². The summed E-state index contributed by atoms with van der Waals surface area (Å²) >= 11 is 0. The van der Waals surface area contributed by atoms with Crippen LogP contribution in [0, 0.1) is 11.6 Å². The highest BCUT2D eigenvalue weighted by atomic mass is 19.1. The summed E-state index contributed by atoms with van der Waals surface area (Å²) < 4.78 is 39.5. The third kappa shape index (κ3) is 3.18. The molecule has 6 heteroatoms. The minimum Gasteiger partial charge on any atom is -0.490 e. The van der Waals surface area contributed by atoms with Gasteiger partial charge in [0.25, 0.3) is 0 Å². The van der Waals surface area contributed by atoms with Crippen molar-refractivity contribution in [1.82, 2.24) is 5.01 Å². The minimum absolute atomic E-state index is 0.0949. The number of fused-ring (bicyclic) bond motifs is 3. The topological polar surface area (TPSA) is 34.1 Å². The third-order valence-electron chi connectivity index (χ3n) is 5.39. The van der Waals surface area contributed by atoms with Crippen LogP contribution >= 0.6 is 0 Å². The number of nitrogens with zero attached hydrogens (tertiary/aromatic N) is 2. The predicted molar refractivity (Wildman–Crippen MR) is 110 cm³/mol. The van der Waals surface area contributed by atoms with Crippen molar-refractivity contribution in [3.8, 4) is 11.5 Å². The summed E-state index contributed by atoms with van der Waals surface area (Å²) in [7, 11) is 0. The van der Waals surface area contributed by atoms with E-state index in [1.807, 2.05) is 36.2 Å². The van der Waals surface area contributed by atoms with Crippen molar-refractivity contribution in [2.45, 2.75) is 25.6 Å². The molecular weight excluding hydrogens is 386 g/mol. The molecule has 0 spiro atoms. The molecule has 3 aromatic carbocycles. The molecule has 2 atom stereocenters. The molecule has 0 radical (unpaired) electrons. The molecule has 2 aliphatic heterocycles. The van der Waals surface area contributed by atoms with Gasteiger partial charge in [0.15, 0.2) is 11.5 Å². The Bertz CT molecular complexity index is 1110. The van der Waals surface area contributed by atoms with E-state index in [0.717, 1.165) is 16.8 Å². The lowest BCUT2D eigenvalue weighted by atomic mass is 9.95. The number of rotatable bonds is 4. The highest BCUT2D eigenvalue weighted by molar-refractivity contribution is 6.02. The maximum Gasteiger partial charge on any atom is 0.214 e. The number of hydrogen-bond acceptors (Lipinski definition) is 4. The van der Waals surface area contributed by atoms with Crippen LogP contribution in [0.25, 0.3) is 0 Å². The molecule has 0 N–H and O–H groups in total. The highest BCUT2D eigenvalue weighted by Crippen LogP contribution is 2.50. The second kappa shape index (κ2) is 7.44. The lowest BCUT2D eigenvalue weighted by Gasteiger charge is -2.38. The smallest absolute Gasteiger partial charge is 0.214 e. The van der Waals surface area contributed by atoms with Crippen molar-refractivity contribution in [3.05, 3.63) is 95.1 Å². The maximum atomic E-state index is 14.0. The summed E-state index contributed by atoms with van der Waals surface area (Å²) in [5, 5.41) is 6.68. The monoisotopic (exact) mass is 406 g/mol. The molecule has 152 valence electrons. The Morgan fingerprint density at radius 3 is 2.60 bits per heavy atom. The quantitative estimate of drug-likeness (QED) is 0.565. The molecule has 0 fully saturated rings. The Kier molecular flexibility index (Phi) is 4.62. The minimum atomic E-state index is -0.599. The van der Waals surface area contributed by atoms with E-state index >= 15 is 0 Å². The zero-order valence-electron chi connectivity index (χ0n) is 16.4. The third-order valence-corrected chi connectivity index (χ3v) is 5.39. The van der Waals surface area contributed by atoms with E-state index in [1.54, 1.807) is 18.2 Å². The fraction of sp³-hybridized carbons (Fsp3) is 0.208. The Hall–Kier alpha value is -3.41. The van der Waals surface area contributed by atoms with E-state index in [-0.39, 0.29) is 17.7 Å².